The highest BCUT2D eigenvalue weighted by Crippen LogP contribution is 2.19. The number of hydrogen-bond donors (Lipinski definition) is 2. The Balaban J connectivity index is 1.62. The Morgan fingerprint density at radius 2 is 1.63 bits per heavy atom. The Morgan fingerprint density at radius 3 is 2.37 bits per heavy atom. The number of benzene rings is 3. The molecule has 3 aromatic carbocycles. The molecule has 1 unspecified atom stereocenters. The van der Waals surface area contributed by atoms with Gasteiger partial charge in [-0.15, -0.1) is 0 Å². The minimum atomic E-state index is -0.183. The third-order valence-corrected chi connectivity index (χ3v) is 5.38. The van der Waals surface area contributed by atoms with Crippen LogP contribution in [-0.4, -0.2) is 29.4 Å². The second kappa shape index (κ2) is 9.92. The maximum atomic E-state index is 12.9. The fraction of sp³-hybridized carbons (Fsp3) is 0.280. The SMILES string of the molecule is CCC(C)N(CCC(=O)Nc1ccc2ccccc2c1)C(=O)Nc1ccccc1C. The largest absolute Gasteiger partial charge is 0.326 e. The number of carbonyl (C=O) groups is 2. The lowest BCUT2D eigenvalue weighted by molar-refractivity contribution is -0.116. The average molecular weight is 404 g/mol. The second-order valence-corrected chi connectivity index (χ2v) is 7.56. The molecule has 0 spiro atoms. The lowest BCUT2D eigenvalue weighted by atomic mass is 10.1. The summed E-state index contributed by atoms with van der Waals surface area (Å²) in [6.07, 6.45) is 1.05. The molecule has 2 N–H and O–H groups in total. The summed E-state index contributed by atoms with van der Waals surface area (Å²) in [5.41, 5.74) is 2.55. The predicted molar refractivity (Wildman–Crippen MR) is 124 cm³/mol. The molecule has 0 radical (unpaired) electrons. The van der Waals surface area contributed by atoms with E-state index in [0.717, 1.165) is 34.1 Å². The quantitative estimate of drug-likeness (QED) is 0.523. The van der Waals surface area contributed by atoms with Crippen LogP contribution in [0.1, 0.15) is 32.3 Å². The molecular formula is C25H29N3O2. The maximum Gasteiger partial charge on any atom is 0.322 e. The van der Waals surface area contributed by atoms with Gasteiger partial charge in [0.25, 0.3) is 0 Å². The van der Waals surface area contributed by atoms with E-state index in [-0.39, 0.29) is 24.4 Å². The highest BCUT2D eigenvalue weighted by Gasteiger charge is 2.20. The van der Waals surface area contributed by atoms with E-state index in [2.05, 4.69) is 10.6 Å². The predicted octanol–water partition coefficient (Wildman–Crippen LogP) is 5.81. The third kappa shape index (κ3) is 5.38. The van der Waals surface area contributed by atoms with E-state index in [0.29, 0.717) is 6.54 Å². The number of amides is 3. The summed E-state index contributed by atoms with van der Waals surface area (Å²) in [6.45, 7) is 6.35. The Labute approximate surface area is 178 Å². The van der Waals surface area contributed by atoms with Gasteiger partial charge in [0.05, 0.1) is 0 Å². The molecule has 156 valence electrons. The van der Waals surface area contributed by atoms with Gasteiger partial charge >= 0.3 is 6.03 Å². The number of carbonyl (C=O) groups excluding carboxylic acids is 2. The van der Waals surface area contributed by atoms with E-state index >= 15 is 0 Å². The van der Waals surface area contributed by atoms with Crippen molar-refractivity contribution in [2.75, 3.05) is 17.2 Å². The first-order chi connectivity index (χ1) is 14.5. The topological polar surface area (TPSA) is 61.4 Å². The van der Waals surface area contributed by atoms with Gasteiger partial charge in [-0.2, -0.15) is 0 Å². The van der Waals surface area contributed by atoms with Crippen molar-refractivity contribution in [3.8, 4) is 0 Å². The first-order valence-electron chi connectivity index (χ1n) is 10.4. The van der Waals surface area contributed by atoms with Crippen LogP contribution in [-0.2, 0) is 4.79 Å². The number of aryl methyl sites for hydroxylation is 1. The first kappa shape index (κ1) is 21.4. The summed E-state index contributed by atoms with van der Waals surface area (Å²) < 4.78 is 0. The molecule has 0 aromatic heterocycles. The van der Waals surface area contributed by atoms with E-state index in [1.807, 2.05) is 87.5 Å². The number of rotatable bonds is 7. The van der Waals surface area contributed by atoms with Crippen LogP contribution in [0.4, 0.5) is 16.2 Å². The van der Waals surface area contributed by atoms with Crippen LogP contribution in [0.5, 0.6) is 0 Å². The van der Waals surface area contributed by atoms with Crippen molar-refractivity contribution in [2.45, 2.75) is 39.7 Å². The number of para-hydroxylation sites is 1. The third-order valence-electron chi connectivity index (χ3n) is 5.38. The monoisotopic (exact) mass is 403 g/mol. The molecule has 0 aliphatic rings. The summed E-state index contributed by atoms with van der Waals surface area (Å²) in [4.78, 5) is 27.1. The van der Waals surface area contributed by atoms with Gasteiger partial charge in [0.1, 0.15) is 0 Å². The van der Waals surface area contributed by atoms with E-state index in [1.165, 1.54) is 0 Å². The zero-order chi connectivity index (χ0) is 21.5. The van der Waals surface area contributed by atoms with Crippen LogP contribution in [0.2, 0.25) is 0 Å². The molecule has 0 aliphatic carbocycles. The number of anilines is 2. The molecule has 0 saturated heterocycles. The number of hydrogen-bond acceptors (Lipinski definition) is 2. The van der Waals surface area contributed by atoms with Gasteiger partial charge < -0.3 is 15.5 Å². The summed E-state index contributed by atoms with van der Waals surface area (Å²) in [6, 6.07) is 21.4. The molecule has 5 heteroatoms. The molecule has 0 fully saturated rings. The maximum absolute atomic E-state index is 12.9. The van der Waals surface area contributed by atoms with Gasteiger partial charge in [0, 0.05) is 30.4 Å². The van der Waals surface area contributed by atoms with Gasteiger partial charge in [0.2, 0.25) is 5.91 Å². The smallest absolute Gasteiger partial charge is 0.322 e. The minimum Gasteiger partial charge on any atom is -0.326 e. The molecule has 0 saturated carbocycles. The molecule has 0 bridgehead atoms. The van der Waals surface area contributed by atoms with Gasteiger partial charge in [-0.05, 0) is 54.8 Å². The summed E-state index contributed by atoms with van der Waals surface area (Å²) in [5, 5.41) is 8.13. The molecule has 3 amide bonds. The molecule has 30 heavy (non-hydrogen) atoms. The van der Waals surface area contributed by atoms with Crippen molar-refractivity contribution in [2.24, 2.45) is 0 Å². The van der Waals surface area contributed by atoms with Crippen LogP contribution in [0, 0.1) is 6.92 Å². The summed E-state index contributed by atoms with van der Waals surface area (Å²) in [5.74, 6) is -0.109. The second-order valence-electron chi connectivity index (χ2n) is 7.56. The lowest BCUT2D eigenvalue weighted by Gasteiger charge is -2.29. The van der Waals surface area contributed by atoms with Crippen LogP contribution >= 0.6 is 0 Å². The highest BCUT2D eigenvalue weighted by molar-refractivity contribution is 5.95. The molecule has 3 aromatic rings. The van der Waals surface area contributed by atoms with Crippen molar-refractivity contribution >= 4 is 34.1 Å². The molecule has 0 aliphatic heterocycles. The molecule has 0 heterocycles. The Morgan fingerprint density at radius 1 is 0.933 bits per heavy atom. The van der Waals surface area contributed by atoms with Crippen LogP contribution < -0.4 is 10.6 Å². The van der Waals surface area contributed by atoms with E-state index in [4.69, 9.17) is 0 Å². The molecule has 3 rings (SSSR count). The van der Waals surface area contributed by atoms with Gasteiger partial charge in [-0.25, -0.2) is 4.79 Å². The van der Waals surface area contributed by atoms with Crippen molar-refractivity contribution in [1.29, 1.82) is 0 Å². The molecular weight excluding hydrogens is 374 g/mol. The van der Waals surface area contributed by atoms with Crippen molar-refractivity contribution in [1.82, 2.24) is 4.90 Å². The number of fused-ring (bicyclic) bond motifs is 1. The minimum absolute atomic E-state index is 0.0301. The van der Waals surface area contributed by atoms with Crippen molar-refractivity contribution in [3.63, 3.8) is 0 Å². The zero-order valence-corrected chi connectivity index (χ0v) is 17.8. The normalized spacial score (nSPS) is 11.7. The Hall–Kier alpha value is -3.34. The van der Waals surface area contributed by atoms with Gasteiger partial charge in [-0.3, -0.25) is 4.79 Å². The van der Waals surface area contributed by atoms with Crippen molar-refractivity contribution < 1.29 is 9.59 Å². The zero-order valence-electron chi connectivity index (χ0n) is 17.8. The fourth-order valence-electron chi connectivity index (χ4n) is 3.36. The van der Waals surface area contributed by atoms with Crippen LogP contribution in [0.25, 0.3) is 10.8 Å². The lowest BCUT2D eigenvalue weighted by Crippen LogP contribution is -2.42. The van der Waals surface area contributed by atoms with Gasteiger partial charge in [0.15, 0.2) is 0 Å². The summed E-state index contributed by atoms with van der Waals surface area (Å²) >= 11 is 0. The fourth-order valence-corrected chi connectivity index (χ4v) is 3.36. The van der Waals surface area contributed by atoms with Gasteiger partial charge in [-0.1, -0.05) is 55.5 Å². The number of nitrogens with zero attached hydrogens (tertiary/aromatic N) is 1. The average Bonchev–Trinajstić information content (AvgIpc) is 2.75. The number of urea groups is 1. The van der Waals surface area contributed by atoms with E-state index in [9.17, 15) is 9.59 Å². The highest BCUT2D eigenvalue weighted by atomic mass is 16.2. The molecule has 1 atom stereocenters. The Kier molecular flexibility index (Phi) is 7.07. The Bertz CT molecular complexity index is 1030. The standard InChI is InChI=1S/C25H29N3O2/c1-4-19(3)28(25(30)27-23-12-8-5-9-18(23)2)16-15-24(29)26-22-14-13-20-10-6-7-11-21(20)17-22/h5-14,17,19H,4,15-16H2,1-3H3,(H,26,29)(H,27,30). The molecule has 5 nitrogen and oxygen atoms in total. The van der Waals surface area contributed by atoms with Crippen molar-refractivity contribution in [3.05, 3.63) is 72.3 Å². The summed E-state index contributed by atoms with van der Waals surface area (Å²) in [7, 11) is 0. The van der Waals surface area contributed by atoms with Crippen LogP contribution in [0.15, 0.2) is 66.7 Å². The van der Waals surface area contributed by atoms with E-state index in [1.54, 1.807) is 4.90 Å². The van der Waals surface area contributed by atoms with E-state index < -0.39 is 0 Å². The first-order valence-corrected chi connectivity index (χ1v) is 10.4. The van der Waals surface area contributed by atoms with Crippen LogP contribution in [0.3, 0.4) is 0 Å². The number of nitrogens with one attached hydrogen (secondary N) is 2.